The van der Waals surface area contributed by atoms with E-state index in [9.17, 15) is 4.79 Å². The Hall–Kier alpha value is -3.01. The van der Waals surface area contributed by atoms with Crippen LogP contribution in [0.1, 0.15) is 37.6 Å². The van der Waals surface area contributed by atoms with Crippen molar-refractivity contribution < 1.29 is 14.3 Å². The van der Waals surface area contributed by atoms with Crippen LogP contribution in [0.3, 0.4) is 0 Å². The van der Waals surface area contributed by atoms with E-state index in [1.165, 1.54) is 11.8 Å². The molecule has 2 N–H and O–H groups in total. The highest BCUT2D eigenvalue weighted by Gasteiger charge is 2.14. The molecule has 0 saturated heterocycles. The number of thioether (sulfide) groups is 1. The van der Waals surface area contributed by atoms with Gasteiger partial charge in [-0.3, -0.25) is 4.79 Å². The predicted molar refractivity (Wildman–Crippen MR) is 127 cm³/mol. The summed E-state index contributed by atoms with van der Waals surface area (Å²) < 4.78 is 13.0. The van der Waals surface area contributed by atoms with Crippen LogP contribution in [0.2, 0.25) is 0 Å². The molecule has 0 aliphatic carbocycles. The van der Waals surface area contributed by atoms with Gasteiger partial charge in [0.1, 0.15) is 5.82 Å². The van der Waals surface area contributed by atoms with E-state index >= 15 is 0 Å². The van der Waals surface area contributed by atoms with Crippen molar-refractivity contribution in [1.82, 2.24) is 25.1 Å². The Balaban J connectivity index is 1.69. The van der Waals surface area contributed by atoms with E-state index in [0.29, 0.717) is 48.5 Å². The molecular weight excluding hydrogens is 428 g/mol. The minimum atomic E-state index is -0.185. The Labute approximate surface area is 192 Å². The van der Waals surface area contributed by atoms with E-state index in [1.807, 2.05) is 20.1 Å². The molecular formula is C22H30N6O3S. The lowest BCUT2D eigenvalue weighted by atomic mass is 10.2. The lowest BCUT2D eigenvalue weighted by molar-refractivity contribution is 0.0951. The first-order chi connectivity index (χ1) is 15.6. The van der Waals surface area contributed by atoms with E-state index in [1.54, 1.807) is 29.1 Å². The fraction of sp³-hybridized carbons (Fsp3) is 0.455. The fourth-order valence-corrected chi connectivity index (χ4v) is 3.50. The second kappa shape index (κ2) is 11.6. The number of nitrogens with zero attached hydrogens (tertiary/aromatic N) is 4. The van der Waals surface area contributed by atoms with Crippen molar-refractivity contribution in [2.75, 3.05) is 37.9 Å². The Morgan fingerprint density at radius 3 is 2.59 bits per heavy atom. The molecule has 0 fully saturated rings. The van der Waals surface area contributed by atoms with Gasteiger partial charge in [-0.05, 0) is 44.7 Å². The van der Waals surface area contributed by atoms with E-state index in [-0.39, 0.29) is 5.91 Å². The van der Waals surface area contributed by atoms with Gasteiger partial charge in [-0.15, -0.1) is 0 Å². The number of ether oxygens (including phenoxy) is 2. The maximum atomic E-state index is 12.7. The quantitative estimate of drug-likeness (QED) is 0.313. The molecule has 0 atom stereocenters. The van der Waals surface area contributed by atoms with Crippen molar-refractivity contribution in [3.63, 3.8) is 0 Å². The summed E-state index contributed by atoms with van der Waals surface area (Å²) in [5, 5.41) is 12.3. The number of benzene rings is 1. The van der Waals surface area contributed by atoms with Crippen LogP contribution in [0.5, 0.6) is 11.5 Å². The molecule has 0 unspecified atom stereocenters. The van der Waals surface area contributed by atoms with Crippen LogP contribution in [0.4, 0.5) is 5.82 Å². The Morgan fingerprint density at radius 1 is 1.09 bits per heavy atom. The van der Waals surface area contributed by atoms with Crippen molar-refractivity contribution in [3.8, 4) is 11.5 Å². The van der Waals surface area contributed by atoms with Crippen LogP contribution in [0, 0.1) is 0 Å². The van der Waals surface area contributed by atoms with Gasteiger partial charge in [-0.25, -0.2) is 14.6 Å². The normalized spacial score (nSPS) is 10.9. The van der Waals surface area contributed by atoms with Crippen LogP contribution in [0.15, 0.2) is 29.6 Å². The largest absolute Gasteiger partial charge is 0.490 e. The molecule has 172 valence electrons. The first-order valence-corrected chi connectivity index (χ1v) is 12.0. The van der Waals surface area contributed by atoms with Gasteiger partial charge < -0.3 is 20.1 Å². The van der Waals surface area contributed by atoms with Gasteiger partial charge in [0.25, 0.3) is 5.91 Å². The van der Waals surface area contributed by atoms with Crippen molar-refractivity contribution in [2.24, 2.45) is 0 Å². The number of rotatable bonds is 12. The molecule has 3 aromatic rings. The molecule has 0 saturated carbocycles. The molecule has 0 bridgehead atoms. The van der Waals surface area contributed by atoms with Crippen molar-refractivity contribution >= 4 is 34.5 Å². The zero-order valence-corrected chi connectivity index (χ0v) is 19.8. The third kappa shape index (κ3) is 5.61. The van der Waals surface area contributed by atoms with E-state index in [2.05, 4.69) is 32.6 Å². The summed E-state index contributed by atoms with van der Waals surface area (Å²) in [6, 6.07) is 5.20. The van der Waals surface area contributed by atoms with E-state index in [0.717, 1.165) is 29.8 Å². The maximum absolute atomic E-state index is 12.7. The molecule has 10 heteroatoms. The van der Waals surface area contributed by atoms with Crippen molar-refractivity contribution in [1.29, 1.82) is 0 Å². The average Bonchev–Trinajstić information content (AvgIpc) is 3.21. The topological polar surface area (TPSA) is 103 Å². The second-order valence-corrected chi connectivity index (χ2v) is 7.65. The van der Waals surface area contributed by atoms with Gasteiger partial charge in [-0.1, -0.05) is 18.7 Å². The zero-order valence-electron chi connectivity index (χ0n) is 19.0. The minimum absolute atomic E-state index is 0.185. The summed E-state index contributed by atoms with van der Waals surface area (Å²) >= 11 is 1.48. The Morgan fingerprint density at radius 2 is 1.88 bits per heavy atom. The number of carbonyl (C=O) groups excluding carboxylic acids is 1. The van der Waals surface area contributed by atoms with E-state index < -0.39 is 0 Å². The number of aromatic nitrogens is 4. The molecule has 2 aromatic heterocycles. The number of hydrogen-bond acceptors (Lipinski definition) is 8. The molecule has 3 rings (SSSR count). The minimum Gasteiger partial charge on any atom is -0.490 e. The van der Waals surface area contributed by atoms with E-state index in [4.69, 9.17) is 9.47 Å². The molecule has 2 heterocycles. The van der Waals surface area contributed by atoms with Crippen LogP contribution >= 0.6 is 11.8 Å². The highest BCUT2D eigenvalue weighted by atomic mass is 32.2. The standard InChI is InChI=1S/C22H30N6O3S/c1-5-10-23-19-16-14-25-28(20(16)27-22(26-19)32-4)12-11-24-21(29)15-8-9-17(30-6-2)18(13-15)31-7-3/h8-9,13-14H,5-7,10-12H2,1-4H3,(H,24,29)(H,23,26,27). The lowest BCUT2D eigenvalue weighted by Crippen LogP contribution is -2.27. The molecule has 0 aliphatic rings. The van der Waals surface area contributed by atoms with Crippen LogP contribution in [-0.4, -0.2) is 58.2 Å². The van der Waals surface area contributed by atoms with Gasteiger partial charge in [0.15, 0.2) is 22.3 Å². The van der Waals surface area contributed by atoms with Crippen LogP contribution in [-0.2, 0) is 6.54 Å². The highest BCUT2D eigenvalue weighted by molar-refractivity contribution is 7.98. The third-order valence-corrected chi connectivity index (χ3v) is 5.16. The average molecular weight is 459 g/mol. The van der Waals surface area contributed by atoms with Gasteiger partial charge in [0.05, 0.1) is 31.3 Å². The van der Waals surface area contributed by atoms with Crippen LogP contribution < -0.4 is 20.1 Å². The highest BCUT2D eigenvalue weighted by Crippen LogP contribution is 2.28. The van der Waals surface area contributed by atoms with Gasteiger partial charge in [0.2, 0.25) is 0 Å². The second-order valence-electron chi connectivity index (χ2n) is 6.87. The maximum Gasteiger partial charge on any atom is 0.251 e. The molecule has 1 aromatic carbocycles. The molecule has 0 spiro atoms. The molecule has 0 aliphatic heterocycles. The summed E-state index contributed by atoms with van der Waals surface area (Å²) in [6.07, 6.45) is 4.70. The zero-order chi connectivity index (χ0) is 22.9. The summed E-state index contributed by atoms with van der Waals surface area (Å²) in [4.78, 5) is 21.8. The summed E-state index contributed by atoms with van der Waals surface area (Å²) in [7, 11) is 0. The number of hydrogen-bond donors (Lipinski definition) is 2. The van der Waals surface area contributed by atoms with Gasteiger partial charge >= 0.3 is 0 Å². The number of carbonyl (C=O) groups is 1. The third-order valence-electron chi connectivity index (χ3n) is 4.62. The number of anilines is 1. The Kier molecular flexibility index (Phi) is 8.55. The van der Waals surface area contributed by atoms with Crippen molar-refractivity contribution in [2.45, 2.75) is 38.9 Å². The molecule has 1 amide bonds. The van der Waals surface area contributed by atoms with Crippen molar-refractivity contribution in [3.05, 3.63) is 30.0 Å². The lowest BCUT2D eigenvalue weighted by Gasteiger charge is -2.12. The first kappa shape index (κ1) is 23.6. The Bertz CT molecular complexity index is 1060. The molecule has 32 heavy (non-hydrogen) atoms. The fourth-order valence-electron chi connectivity index (χ4n) is 3.14. The number of nitrogens with one attached hydrogen (secondary N) is 2. The number of amides is 1. The first-order valence-electron chi connectivity index (χ1n) is 10.8. The molecule has 9 nitrogen and oxygen atoms in total. The van der Waals surface area contributed by atoms with Gasteiger partial charge in [-0.2, -0.15) is 5.10 Å². The monoisotopic (exact) mass is 458 g/mol. The smallest absolute Gasteiger partial charge is 0.251 e. The molecule has 0 radical (unpaired) electrons. The van der Waals surface area contributed by atoms with Gasteiger partial charge in [0, 0.05) is 18.7 Å². The number of fused-ring (bicyclic) bond motifs is 1. The summed E-state index contributed by atoms with van der Waals surface area (Å²) in [5.41, 5.74) is 1.26. The predicted octanol–water partition coefficient (Wildman–Crippen LogP) is 3.60. The SMILES string of the molecule is CCCNc1nc(SC)nc2c1cnn2CCNC(=O)c1ccc(OCC)c(OCC)c1. The van der Waals surface area contributed by atoms with Crippen LogP contribution in [0.25, 0.3) is 11.0 Å². The summed E-state index contributed by atoms with van der Waals surface area (Å²) in [6.45, 7) is 8.65. The summed E-state index contributed by atoms with van der Waals surface area (Å²) in [5.74, 6) is 1.80.